The van der Waals surface area contributed by atoms with E-state index in [-0.39, 0.29) is 16.8 Å². The lowest BCUT2D eigenvalue weighted by atomic mass is 9.87. The Balaban J connectivity index is 2.03. The molecule has 28 heavy (non-hydrogen) atoms. The number of carbonyl (C=O) groups is 2. The van der Waals surface area contributed by atoms with Crippen molar-refractivity contribution in [1.82, 2.24) is 0 Å². The summed E-state index contributed by atoms with van der Waals surface area (Å²) < 4.78 is 33.0. The van der Waals surface area contributed by atoms with Gasteiger partial charge in [0.05, 0.1) is 23.6 Å². The van der Waals surface area contributed by atoms with Crippen molar-refractivity contribution in [1.29, 1.82) is 0 Å². The van der Waals surface area contributed by atoms with Crippen LogP contribution in [0, 0.1) is 0 Å². The minimum atomic E-state index is -3.86. The van der Waals surface area contributed by atoms with Crippen LogP contribution in [0.1, 0.15) is 31.7 Å². The topological polar surface area (TPSA) is 92.8 Å². The van der Waals surface area contributed by atoms with Gasteiger partial charge in [-0.1, -0.05) is 18.2 Å². The number of nitrogens with one attached hydrogen (secondary N) is 1. The lowest BCUT2D eigenvalue weighted by Gasteiger charge is -2.38. The van der Waals surface area contributed by atoms with Crippen LogP contribution in [0.15, 0.2) is 53.4 Å². The van der Waals surface area contributed by atoms with E-state index >= 15 is 0 Å². The van der Waals surface area contributed by atoms with E-state index in [0.29, 0.717) is 23.4 Å². The van der Waals surface area contributed by atoms with Gasteiger partial charge in [0.2, 0.25) is 5.91 Å². The maximum Gasteiger partial charge on any atom is 0.313 e. The first-order valence-corrected chi connectivity index (χ1v) is 10.3. The molecule has 0 radical (unpaired) electrons. The largest absolute Gasteiger partial charge is 0.469 e. The lowest BCUT2D eigenvalue weighted by molar-refractivity contribution is -0.142. The molecular formula is C20H22N2O5S. The zero-order chi connectivity index (χ0) is 20.5. The molecule has 1 heterocycles. The number of rotatable bonds is 4. The summed E-state index contributed by atoms with van der Waals surface area (Å²) in [4.78, 5) is 23.5. The Morgan fingerprint density at radius 3 is 2.36 bits per heavy atom. The minimum Gasteiger partial charge on any atom is -0.469 e. The number of para-hydroxylation sites is 1. The molecule has 0 saturated carbocycles. The highest BCUT2D eigenvalue weighted by atomic mass is 32.2. The Kier molecular flexibility index (Phi) is 5.42. The Morgan fingerprint density at radius 2 is 1.75 bits per heavy atom. The summed E-state index contributed by atoms with van der Waals surface area (Å²) >= 11 is 0. The van der Waals surface area contributed by atoms with Crippen LogP contribution in [0.3, 0.4) is 0 Å². The number of ether oxygens (including phenoxy) is 1. The summed E-state index contributed by atoms with van der Waals surface area (Å²) in [6.07, 6.45) is 0.326. The molecular weight excluding hydrogens is 380 g/mol. The van der Waals surface area contributed by atoms with E-state index in [9.17, 15) is 18.0 Å². The second-order valence-electron chi connectivity index (χ2n) is 6.73. The van der Waals surface area contributed by atoms with E-state index in [0.717, 1.165) is 0 Å². The zero-order valence-electron chi connectivity index (χ0n) is 15.9. The number of nitrogens with zero attached hydrogens (tertiary/aromatic N) is 1. The van der Waals surface area contributed by atoms with Gasteiger partial charge < -0.3 is 10.1 Å². The number of sulfonamides is 1. The van der Waals surface area contributed by atoms with Gasteiger partial charge in [-0.25, -0.2) is 8.42 Å². The van der Waals surface area contributed by atoms with Crippen LogP contribution >= 0.6 is 0 Å². The number of anilines is 2. The summed E-state index contributed by atoms with van der Waals surface area (Å²) in [6.45, 7) is 3.16. The van der Waals surface area contributed by atoms with E-state index in [2.05, 4.69) is 5.32 Å². The molecule has 1 aliphatic heterocycles. The minimum absolute atomic E-state index is 0.111. The molecule has 8 heteroatoms. The predicted molar refractivity (Wildman–Crippen MR) is 106 cm³/mol. The molecule has 2 unspecified atom stereocenters. The number of esters is 1. The maximum atomic E-state index is 13.4. The van der Waals surface area contributed by atoms with Crippen LogP contribution in [0.25, 0.3) is 0 Å². The first-order chi connectivity index (χ1) is 13.3. The molecule has 0 fully saturated rings. The van der Waals surface area contributed by atoms with E-state index in [4.69, 9.17) is 4.74 Å². The van der Waals surface area contributed by atoms with Gasteiger partial charge in [-0.3, -0.25) is 13.9 Å². The van der Waals surface area contributed by atoms with E-state index in [1.54, 1.807) is 43.3 Å². The van der Waals surface area contributed by atoms with Gasteiger partial charge in [0.25, 0.3) is 10.0 Å². The van der Waals surface area contributed by atoms with Gasteiger partial charge in [0.15, 0.2) is 0 Å². The number of hydrogen-bond donors (Lipinski definition) is 1. The van der Waals surface area contributed by atoms with Crippen molar-refractivity contribution in [3.05, 3.63) is 54.1 Å². The van der Waals surface area contributed by atoms with Gasteiger partial charge in [-0.05, 0) is 49.2 Å². The Bertz CT molecular complexity index is 1000. The number of carbonyl (C=O) groups excluding carboxylic acids is 2. The molecule has 7 nitrogen and oxygen atoms in total. The molecule has 0 aliphatic carbocycles. The Morgan fingerprint density at radius 1 is 1.11 bits per heavy atom. The molecule has 2 aromatic carbocycles. The number of methoxy groups -OCH3 is 1. The third kappa shape index (κ3) is 3.60. The highest BCUT2D eigenvalue weighted by Crippen LogP contribution is 2.41. The van der Waals surface area contributed by atoms with Crippen LogP contribution in [0.2, 0.25) is 0 Å². The summed E-state index contributed by atoms with van der Waals surface area (Å²) in [5.41, 5.74) is 1.62. The van der Waals surface area contributed by atoms with Crippen molar-refractivity contribution >= 4 is 33.3 Å². The standard InChI is InChI=1S/C20H22N2O5S/c1-13-12-18(20(24)27-3)17-6-4-5-7-19(17)22(13)28(25,26)16-10-8-15(9-11-16)21-14(2)23/h4-11,13,18H,12H2,1-3H3,(H,21,23). The molecule has 1 N–H and O–H groups in total. The monoisotopic (exact) mass is 402 g/mol. The maximum absolute atomic E-state index is 13.4. The fourth-order valence-electron chi connectivity index (χ4n) is 3.54. The molecule has 2 aromatic rings. The average molecular weight is 402 g/mol. The van der Waals surface area contributed by atoms with Gasteiger partial charge >= 0.3 is 5.97 Å². The van der Waals surface area contributed by atoms with Crippen molar-refractivity contribution in [3.63, 3.8) is 0 Å². The van der Waals surface area contributed by atoms with Crippen LogP contribution in [0.5, 0.6) is 0 Å². The first-order valence-electron chi connectivity index (χ1n) is 8.84. The molecule has 148 valence electrons. The molecule has 0 bridgehead atoms. The normalized spacial score (nSPS) is 18.9. The second kappa shape index (κ2) is 7.63. The SMILES string of the molecule is COC(=O)C1CC(C)N(S(=O)(=O)c2ccc(NC(C)=O)cc2)c2ccccc21. The smallest absolute Gasteiger partial charge is 0.313 e. The number of benzene rings is 2. The number of hydrogen-bond acceptors (Lipinski definition) is 5. The summed E-state index contributed by atoms with van der Waals surface area (Å²) in [6, 6.07) is 12.6. The Hall–Kier alpha value is -2.87. The molecule has 0 saturated heterocycles. The molecule has 3 rings (SSSR count). The van der Waals surface area contributed by atoms with E-state index < -0.39 is 22.0 Å². The lowest BCUT2D eigenvalue weighted by Crippen LogP contribution is -2.44. The zero-order valence-corrected chi connectivity index (χ0v) is 16.7. The number of amides is 1. The molecule has 2 atom stereocenters. The third-order valence-electron chi connectivity index (χ3n) is 4.74. The Labute approximate surface area is 164 Å². The third-order valence-corrected chi connectivity index (χ3v) is 6.69. The molecule has 0 spiro atoms. The van der Waals surface area contributed by atoms with E-state index in [1.807, 2.05) is 0 Å². The predicted octanol–water partition coefficient (Wildman–Crippen LogP) is 2.89. The van der Waals surface area contributed by atoms with E-state index in [1.165, 1.54) is 30.5 Å². The van der Waals surface area contributed by atoms with Crippen molar-refractivity contribution in [2.24, 2.45) is 0 Å². The molecule has 0 aromatic heterocycles. The fraction of sp³-hybridized carbons (Fsp3) is 0.300. The highest BCUT2D eigenvalue weighted by Gasteiger charge is 2.40. The fourth-order valence-corrected chi connectivity index (χ4v) is 5.24. The van der Waals surface area contributed by atoms with Gasteiger partial charge in [0.1, 0.15) is 0 Å². The van der Waals surface area contributed by atoms with Gasteiger partial charge in [0, 0.05) is 18.7 Å². The van der Waals surface area contributed by atoms with Crippen molar-refractivity contribution in [2.45, 2.75) is 37.1 Å². The summed E-state index contributed by atoms with van der Waals surface area (Å²) in [5.74, 6) is -1.12. The van der Waals surface area contributed by atoms with Crippen molar-refractivity contribution in [2.75, 3.05) is 16.7 Å². The average Bonchev–Trinajstić information content (AvgIpc) is 2.66. The quantitative estimate of drug-likeness (QED) is 0.794. The van der Waals surface area contributed by atoms with Crippen molar-refractivity contribution < 1.29 is 22.7 Å². The van der Waals surface area contributed by atoms with Crippen molar-refractivity contribution in [3.8, 4) is 0 Å². The van der Waals surface area contributed by atoms with Crippen LogP contribution < -0.4 is 9.62 Å². The van der Waals surface area contributed by atoms with Gasteiger partial charge in [-0.2, -0.15) is 0 Å². The first kappa shape index (κ1) is 19.9. The van der Waals surface area contributed by atoms with Crippen LogP contribution in [0.4, 0.5) is 11.4 Å². The molecule has 1 aliphatic rings. The highest BCUT2D eigenvalue weighted by molar-refractivity contribution is 7.92. The summed E-state index contributed by atoms with van der Waals surface area (Å²) in [7, 11) is -2.53. The second-order valence-corrected chi connectivity index (χ2v) is 8.54. The van der Waals surface area contributed by atoms with Gasteiger partial charge in [-0.15, -0.1) is 0 Å². The summed E-state index contributed by atoms with van der Waals surface area (Å²) in [5, 5.41) is 2.61. The van der Waals surface area contributed by atoms with Crippen LogP contribution in [-0.2, 0) is 24.3 Å². The van der Waals surface area contributed by atoms with Crippen LogP contribution in [-0.4, -0.2) is 33.4 Å². The molecule has 1 amide bonds. The number of fused-ring (bicyclic) bond motifs is 1.